The second kappa shape index (κ2) is 7.45. The minimum Gasteiger partial charge on any atom is -0.338 e. The molecule has 7 heteroatoms. The summed E-state index contributed by atoms with van der Waals surface area (Å²) in [5.74, 6) is -0.625. The zero-order valence-corrected chi connectivity index (χ0v) is 15.4. The highest BCUT2D eigenvalue weighted by Crippen LogP contribution is 2.21. The molecule has 3 rings (SSSR count). The molecule has 26 heavy (non-hydrogen) atoms. The Balaban J connectivity index is 1.69. The van der Waals surface area contributed by atoms with E-state index in [0.29, 0.717) is 13.1 Å². The predicted molar refractivity (Wildman–Crippen MR) is 98.8 cm³/mol. The number of amides is 1. The van der Waals surface area contributed by atoms with E-state index in [0.717, 1.165) is 28.6 Å². The number of halogens is 1. The van der Waals surface area contributed by atoms with Crippen LogP contribution in [0.15, 0.2) is 48.5 Å². The van der Waals surface area contributed by atoms with Crippen molar-refractivity contribution < 1.29 is 17.6 Å². The molecule has 0 saturated heterocycles. The molecule has 2 aromatic rings. The van der Waals surface area contributed by atoms with Crippen molar-refractivity contribution >= 4 is 21.6 Å². The van der Waals surface area contributed by atoms with Crippen molar-refractivity contribution in [3.05, 3.63) is 65.5 Å². The van der Waals surface area contributed by atoms with Gasteiger partial charge in [-0.2, -0.15) is 0 Å². The van der Waals surface area contributed by atoms with Crippen LogP contribution in [0.4, 0.5) is 10.1 Å². The first-order valence-corrected chi connectivity index (χ1v) is 10.3. The molecule has 0 bridgehead atoms. The van der Waals surface area contributed by atoms with Crippen LogP contribution < -0.4 is 4.31 Å². The second-order valence-electron chi connectivity index (χ2n) is 6.40. The van der Waals surface area contributed by atoms with Gasteiger partial charge in [0.2, 0.25) is 15.9 Å². The Hall–Kier alpha value is -2.41. The number of carbonyl (C=O) groups is 1. The fourth-order valence-electron chi connectivity index (χ4n) is 3.18. The molecule has 1 amide bonds. The molecule has 0 aliphatic carbocycles. The molecule has 0 aromatic heterocycles. The summed E-state index contributed by atoms with van der Waals surface area (Å²) in [4.78, 5) is 14.3. The van der Waals surface area contributed by atoms with Crippen molar-refractivity contribution in [2.24, 2.45) is 0 Å². The highest BCUT2D eigenvalue weighted by atomic mass is 32.2. The van der Waals surface area contributed by atoms with Gasteiger partial charge in [0.15, 0.2) is 0 Å². The minimum absolute atomic E-state index is 0.0146. The predicted octanol–water partition coefficient (Wildman–Crippen LogP) is 2.57. The second-order valence-corrected chi connectivity index (χ2v) is 8.31. The maximum atomic E-state index is 13.4. The van der Waals surface area contributed by atoms with Crippen molar-refractivity contribution in [2.75, 3.05) is 23.7 Å². The van der Waals surface area contributed by atoms with Gasteiger partial charge in [-0.3, -0.25) is 9.10 Å². The number of anilines is 1. The van der Waals surface area contributed by atoms with Crippen LogP contribution in [-0.4, -0.2) is 38.6 Å². The fourth-order valence-corrected chi connectivity index (χ4v) is 4.10. The summed E-state index contributed by atoms with van der Waals surface area (Å²) in [7, 11) is -3.61. The topological polar surface area (TPSA) is 57.7 Å². The third-order valence-electron chi connectivity index (χ3n) is 4.51. The number of hydrogen-bond donors (Lipinski definition) is 0. The van der Waals surface area contributed by atoms with Gasteiger partial charge in [-0.05, 0) is 35.7 Å². The number of carbonyl (C=O) groups excluding carboxylic acids is 1. The largest absolute Gasteiger partial charge is 0.338 e. The van der Waals surface area contributed by atoms with Gasteiger partial charge in [-0.25, -0.2) is 12.8 Å². The maximum absolute atomic E-state index is 13.4. The number of benzene rings is 2. The van der Waals surface area contributed by atoms with Crippen LogP contribution in [0.2, 0.25) is 0 Å². The molecule has 138 valence electrons. The van der Waals surface area contributed by atoms with E-state index >= 15 is 0 Å². The van der Waals surface area contributed by atoms with E-state index in [1.807, 2.05) is 18.2 Å². The van der Waals surface area contributed by atoms with Crippen LogP contribution in [0.25, 0.3) is 0 Å². The van der Waals surface area contributed by atoms with Gasteiger partial charge >= 0.3 is 0 Å². The maximum Gasteiger partial charge on any atom is 0.232 e. The highest BCUT2D eigenvalue weighted by molar-refractivity contribution is 7.92. The molecule has 0 fully saturated rings. The normalized spacial score (nSPS) is 14.0. The Kier molecular flexibility index (Phi) is 5.27. The van der Waals surface area contributed by atoms with Crippen molar-refractivity contribution in [3.63, 3.8) is 0 Å². The third kappa shape index (κ3) is 4.22. The van der Waals surface area contributed by atoms with E-state index in [1.54, 1.807) is 4.90 Å². The monoisotopic (exact) mass is 376 g/mol. The first-order valence-electron chi connectivity index (χ1n) is 8.42. The number of fused-ring (bicyclic) bond motifs is 1. The molecule has 5 nitrogen and oxygen atoms in total. The standard InChI is InChI=1S/C19H21FN2O3S/c1-26(24,25)22(18-8-4-7-17(20)13-18)12-10-19(23)21-11-9-15-5-2-3-6-16(15)14-21/h2-8,13H,9-12,14H2,1H3. The zero-order chi connectivity index (χ0) is 18.7. The highest BCUT2D eigenvalue weighted by Gasteiger charge is 2.23. The average Bonchev–Trinajstić information content (AvgIpc) is 2.60. The Bertz CT molecular complexity index is 915. The van der Waals surface area contributed by atoms with Crippen LogP contribution in [0, 0.1) is 5.82 Å². The van der Waals surface area contributed by atoms with Gasteiger partial charge in [0.25, 0.3) is 0 Å². The lowest BCUT2D eigenvalue weighted by Crippen LogP contribution is -2.39. The summed E-state index contributed by atoms with van der Waals surface area (Å²) in [5.41, 5.74) is 2.59. The Morgan fingerprint density at radius 1 is 1.15 bits per heavy atom. The van der Waals surface area contributed by atoms with E-state index < -0.39 is 15.8 Å². The van der Waals surface area contributed by atoms with Crippen LogP contribution in [0.5, 0.6) is 0 Å². The molecule has 0 unspecified atom stereocenters. The number of rotatable bonds is 5. The smallest absolute Gasteiger partial charge is 0.232 e. The Morgan fingerprint density at radius 3 is 2.58 bits per heavy atom. The summed E-state index contributed by atoms with van der Waals surface area (Å²) in [5, 5.41) is 0. The molecule has 0 spiro atoms. The van der Waals surface area contributed by atoms with Crippen molar-refractivity contribution in [1.29, 1.82) is 0 Å². The van der Waals surface area contributed by atoms with E-state index in [1.165, 1.54) is 23.8 Å². The van der Waals surface area contributed by atoms with Crippen molar-refractivity contribution in [1.82, 2.24) is 4.90 Å². The minimum atomic E-state index is -3.61. The van der Waals surface area contributed by atoms with E-state index in [-0.39, 0.29) is 24.6 Å². The SMILES string of the molecule is CS(=O)(=O)N(CCC(=O)N1CCc2ccccc2C1)c1cccc(F)c1. The molecule has 0 N–H and O–H groups in total. The van der Waals surface area contributed by atoms with Gasteiger partial charge < -0.3 is 4.90 Å². The average molecular weight is 376 g/mol. The van der Waals surface area contributed by atoms with Crippen molar-refractivity contribution in [2.45, 2.75) is 19.4 Å². The summed E-state index contributed by atoms with van der Waals surface area (Å²) in [6, 6.07) is 13.4. The van der Waals surface area contributed by atoms with Gasteiger partial charge in [0, 0.05) is 26.1 Å². The Labute approximate surface area is 153 Å². The molecule has 0 saturated carbocycles. The van der Waals surface area contributed by atoms with Crippen LogP contribution >= 0.6 is 0 Å². The molecule has 2 aromatic carbocycles. The van der Waals surface area contributed by atoms with E-state index in [4.69, 9.17) is 0 Å². The number of sulfonamides is 1. The summed E-state index contributed by atoms with van der Waals surface area (Å²) < 4.78 is 38.7. The summed E-state index contributed by atoms with van der Waals surface area (Å²) in [6.07, 6.45) is 1.90. The fraction of sp³-hybridized carbons (Fsp3) is 0.316. The lowest BCUT2D eigenvalue weighted by molar-refractivity contribution is -0.131. The number of hydrogen-bond acceptors (Lipinski definition) is 3. The summed E-state index contributed by atoms with van der Waals surface area (Å²) in [6.45, 7) is 1.14. The molecule has 0 atom stereocenters. The van der Waals surface area contributed by atoms with Crippen LogP contribution in [0.3, 0.4) is 0 Å². The summed E-state index contributed by atoms with van der Waals surface area (Å²) >= 11 is 0. The first-order chi connectivity index (χ1) is 12.3. The van der Waals surface area contributed by atoms with Gasteiger partial charge in [-0.15, -0.1) is 0 Å². The lowest BCUT2D eigenvalue weighted by Gasteiger charge is -2.30. The van der Waals surface area contributed by atoms with Crippen LogP contribution in [-0.2, 0) is 27.8 Å². The Morgan fingerprint density at radius 2 is 1.88 bits per heavy atom. The molecule has 1 aliphatic rings. The van der Waals surface area contributed by atoms with Gasteiger partial charge in [0.05, 0.1) is 11.9 Å². The molecule has 1 aliphatic heterocycles. The first kappa shape index (κ1) is 18.4. The van der Waals surface area contributed by atoms with Crippen molar-refractivity contribution in [3.8, 4) is 0 Å². The third-order valence-corrected chi connectivity index (χ3v) is 5.70. The molecular formula is C19H21FN2O3S. The van der Waals surface area contributed by atoms with Gasteiger partial charge in [-0.1, -0.05) is 30.3 Å². The number of nitrogens with zero attached hydrogens (tertiary/aromatic N) is 2. The molecular weight excluding hydrogens is 355 g/mol. The zero-order valence-electron chi connectivity index (χ0n) is 14.6. The molecule has 0 radical (unpaired) electrons. The quantitative estimate of drug-likeness (QED) is 0.806. The van der Waals surface area contributed by atoms with Crippen LogP contribution in [0.1, 0.15) is 17.5 Å². The van der Waals surface area contributed by atoms with Gasteiger partial charge in [0.1, 0.15) is 5.82 Å². The molecule has 1 heterocycles. The lowest BCUT2D eigenvalue weighted by atomic mass is 10.00. The van der Waals surface area contributed by atoms with E-state index in [9.17, 15) is 17.6 Å². The van der Waals surface area contributed by atoms with E-state index in [2.05, 4.69) is 6.07 Å².